The Balaban J connectivity index is 1.92. The Labute approximate surface area is 193 Å². The number of nitrogens with one attached hydrogen (secondary N) is 1. The Morgan fingerprint density at radius 3 is 2.52 bits per heavy atom. The largest absolute Gasteiger partial charge is 0.495 e. The van der Waals surface area contributed by atoms with Crippen LogP contribution in [0.2, 0.25) is 0 Å². The van der Waals surface area contributed by atoms with Crippen molar-refractivity contribution in [3.63, 3.8) is 0 Å². The second-order valence-electron chi connectivity index (χ2n) is 7.52. The molecule has 0 saturated carbocycles. The van der Waals surface area contributed by atoms with Gasteiger partial charge in [-0.2, -0.15) is 0 Å². The molecule has 0 heterocycles. The second-order valence-corrected chi connectivity index (χ2v) is 9.43. The van der Waals surface area contributed by atoms with Crippen LogP contribution in [0.1, 0.15) is 24.0 Å². The van der Waals surface area contributed by atoms with Crippen molar-refractivity contribution >= 4 is 27.3 Å². The van der Waals surface area contributed by atoms with Crippen molar-refractivity contribution in [1.29, 1.82) is 0 Å². The lowest BCUT2D eigenvalue weighted by atomic mass is 10.1. The molecule has 0 radical (unpaired) electrons. The standard InChI is InChI=1S/C22H29N3O7S/c1-16-7-8-17(2)21(14-16)32-13-11-23-22(26)6-5-12-24(33(4,29)30)19-15-18(25(27)28)9-10-20(19)31-3/h7-10,14-15H,5-6,11-13H2,1-4H3,(H,23,26). The number of nitrogens with zero attached hydrogens (tertiary/aromatic N) is 2. The Bertz CT molecular complexity index is 1100. The van der Waals surface area contributed by atoms with Crippen LogP contribution in [0.5, 0.6) is 11.5 Å². The van der Waals surface area contributed by atoms with E-state index in [0.29, 0.717) is 13.2 Å². The van der Waals surface area contributed by atoms with E-state index < -0.39 is 14.9 Å². The minimum Gasteiger partial charge on any atom is -0.495 e. The molecule has 33 heavy (non-hydrogen) atoms. The number of non-ortho nitro benzene ring substituents is 1. The summed E-state index contributed by atoms with van der Waals surface area (Å²) in [6.07, 6.45) is 1.28. The lowest BCUT2D eigenvalue weighted by Crippen LogP contribution is -2.33. The Morgan fingerprint density at radius 2 is 1.88 bits per heavy atom. The van der Waals surface area contributed by atoms with E-state index in [9.17, 15) is 23.3 Å². The highest BCUT2D eigenvalue weighted by atomic mass is 32.2. The van der Waals surface area contributed by atoms with Gasteiger partial charge < -0.3 is 14.8 Å². The van der Waals surface area contributed by atoms with Crippen LogP contribution in [0.25, 0.3) is 0 Å². The first kappa shape index (κ1) is 25.9. The van der Waals surface area contributed by atoms with E-state index in [1.165, 1.54) is 19.2 Å². The van der Waals surface area contributed by atoms with Gasteiger partial charge in [-0.3, -0.25) is 19.2 Å². The first-order valence-corrected chi connectivity index (χ1v) is 12.1. The molecule has 180 valence electrons. The zero-order valence-corrected chi connectivity index (χ0v) is 20.0. The maximum Gasteiger partial charge on any atom is 0.271 e. The number of nitro groups is 1. The number of nitro benzene ring substituents is 1. The van der Waals surface area contributed by atoms with Gasteiger partial charge in [0, 0.05) is 25.1 Å². The maximum atomic E-state index is 12.3. The number of aryl methyl sites for hydroxylation is 2. The third kappa shape index (κ3) is 7.63. The Hall–Kier alpha value is -3.34. The quantitative estimate of drug-likeness (QED) is 0.282. The molecule has 0 bridgehead atoms. The highest BCUT2D eigenvalue weighted by Gasteiger charge is 2.24. The van der Waals surface area contributed by atoms with E-state index in [0.717, 1.165) is 33.5 Å². The average molecular weight is 480 g/mol. The van der Waals surface area contributed by atoms with Crippen LogP contribution < -0.4 is 19.1 Å². The zero-order chi connectivity index (χ0) is 24.6. The molecule has 0 unspecified atom stereocenters. The number of hydrogen-bond donors (Lipinski definition) is 1. The van der Waals surface area contributed by atoms with Crippen LogP contribution in [-0.2, 0) is 14.8 Å². The summed E-state index contributed by atoms with van der Waals surface area (Å²) >= 11 is 0. The van der Waals surface area contributed by atoms with Gasteiger partial charge in [0.25, 0.3) is 5.69 Å². The topological polar surface area (TPSA) is 128 Å². The summed E-state index contributed by atoms with van der Waals surface area (Å²) in [5.41, 5.74) is 1.87. The fourth-order valence-electron chi connectivity index (χ4n) is 3.14. The third-order valence-corrected chi connectivity index (χ3v) is 6.01. The average Bonchev–Trinajstić information content (AvgIpc) is 2.75. The number of carbonyl (C=O) groups excluding carboxylic acids is 1. The molecule has 1 N–H and O–H groups in total. The van der Waals surface area contributed by atoms with Crippen molar-refractivity contribution in [3.05, 3.63) is 57.6 Å². The number of carbonyl (C=O) groups is 1. The number of hydrogen-bond acceptors (Lipinski definition) is 7. The lowest BCUT2D eigenvalue weighted by Gasteiger charge is -2.24. The van der Waals surface area contributed by atoms with Gasteiger partial charge in [0.2, 0.25) is 15.9 Å². The molecule has 0 atom stereocenters. The molecule has 2 aromatic rings. The van der Waals surface area contributed by atoms with Crippen molar-refractivity contribution < 1.29 is 27.6 Å². The number of benzene rings is 2. The van der Waals surface area contributed by atoms with Gasteiger partial charge in [-0.15, -0.1) is 0 Å². The van der Waals surface area contributed by atoms with E-state index in [2.05, 4.69) is 5.32 Å². The molecule has 2 rings (SSSR count). The van der Waals surface area contributed by atoms with Crippen LogP contribution in [0.15, 0.2) is 36.4 Å². The Kier molecular flexibility index (Phi) is 9.03. The molecule has 0 spiro atoms. The van der Waals surface area contributed by atoms with Crippen LogP contribution >= 0.6 is 0 Å². The SMILES string of the molecule is COc1ccc([N+](=O)[O-])cc1N(CCCC(=O)NCCOc1cc(C)ccc1C)S(C)(=O)=O. The first-order chi connectivity index (χ1) is 15.5. The van der Waals surface area contributed by atoms with Crippen LogP contribution in [0, 0.1) is 24.0 Å². The minimum absolute atomic E-state index is 0.0389. The van der Waals surface area contributed by atoms with Crippen molar-refractivity contribution in [3.8, 4) is 11.5 Å². The smallest absolute Gasteiger partial charge is 0.271 e. The molecule has 0 aliphatic rings. The molecule has 1 amide bonds. The molecule has 0 saturated heterocycles. The fourth-order valence-corrected chi connectivity index (χ4v) is 4.10. The number of sulfonamides is 1. The molecular formula is C22H29N3O7S. The number of ether oxygens (including phenoxy) is 2. The second kappa shape index (κ2) is 11.5. The summed E-state index contributed by atoms with van der Waals surface area (Å²) in [5, 5.41) is 13.9. The summed E-state index contributed by atoms with van der Waals surface area (Å²) in [6.45, 7) is 4.48. The van der Waals surface area contributed by atoms with Crippen molar-refractivity contribution in [1.82, 2.24) is 5.32 Å². The van der Waals surface area contributed by atoms with Crippen LogP contribution in [0.4, 0.5) is 11.4 Å². The van der Waals surface area contributed by atoms with Gasteiger partial charge in [0.1, 0.15) is 23.8 Å². The summed E-state index contributed by atoms with van der Waals surface area (Å²) in [4.78, 5) is 22.7. The van der Waals surface area contributed by atoms with E-state index in [1.807, 2.05) is 32.0 Å². The monoisotopic (exact) mass is 479 g/mol. The maximum absolute atomic E-state index is 12.3. The van der Waals surface area contributed by atoms with Gasteiger partial charge in [0.15, 0.2) is 0 Å². The molecule has 0 fully saturated rings. The molecule has 10 nitrogen and oxygen atoms in total. The predicted octanol–water partition coefficient (Wildman–Crippen LogP) is 2.96. The van der Waals surface area contributed by atoms with Gasteiger partial charge in [0.05, 0.1) is 24.8 Å². The lowest BCUT2D eigenvalue weighted by molar-refractivity contribution is -0.384. The third-order valence-electron chi connectivity index (χ3n) is 4.83. The van der Waals surface area contributed by atoms with E-state index in [-0.39, 0.29) is 42.4 Å². The van der Waals surface area contributed by atoms with Gasteiger partial charge >= 0.3 is 0 Å². The van der Waals surface area contributed by atoms with Crippen molar-refractivity contribution in [2.45, 2.75) is 26.7 Å². The molecule has 0 aromatic heterocycles. The van der Waals surface area contributed by atoms with Crippen LogP contribution in [-0.4, -0.2) is 52.3 Å². The first-order valence-electron chi connectivity index (χ1n) is 10.3. The van der Waals surface area contributed by atoms with Crippen molar-refractivity contribution in [2.75, 3.05) is 37.4 Å². The van der Waals surface area contributed by atoms with E-state index in [4.69, 9.17) is 9.47 Å². The summed E-state index contributed by atoms with van der Waals surface area (Å²) < 4.78 is 36.6. The number of anilines is 1. The van der Waals surface area contributed by atoms with E-state index >= 15 is 0 Å². The Morgan fingerprint density at radius 1 is 1.15 bits per heavy atom. The fraction of sp³-hybridized carbons (Fsp3) is 0.409. The predicted molar refractivity (Wildman–Crippen MR) is 125 cm³/mol. The van der Waals surface area contributed by atoms with E-state index in [1.54, 1.807) is 0 Å². The normalized spacial score (nSPS) is 11.0. The highest BCUT2D eigenvalue weighted by molar-refractivity contribution is 7.92. The molecular weight excluding hydrogens is 450 g/mol. The van der Waals surface area contributed by atoms with Crippen molar-refractivity contribution in [2.24, 2.45) is 0 Å². The molecule has 0 aliphatic carbocycles. The minimum atomic E-state index is -3.77. The highest BCUT2D eigenvalue weighted by Crippen LogP contribution is 2.33. The zero-order valence-electron chi connectivity index (χ0n) is 19.2. The molecule has 0 aliphatic heterocycles. The van der Waals surface area contributed by atoms with Crippen LogP contribution in [0.3, 0.4) is 0 Å². The number of amides is 1. The van der Waals surface area contributed by atoms with Gasteiger partial charge in [-0.05, 0) is 43.5 Å². The summed E-state index contributed by atoms with van der Waals surface area (Å²) in [5.74, 6) is 0.692. The molecule has 11 heteroatoms. The summed E-state index contributed by atoms with van der Waals surface area (Å²) in [7, 11) is -2.42. The number of rotatable bonds is 12. The number of methoxy groups -OCH3 is 1. The molecule has 2 aromatic carbocycles. The van der Waals surface area contributed by atoms with Gasteiger partial charge in [-0.25, -0.2) is 8.42 Å². The van der Waals surface area contributed by atoms with Gasteiger partial charge in [-0.1, -0.05) is 12.1 Å². The summed E-state index contributed by atoms with van der Waals surface area (Å²) in [6, 6.07) is 9.61.